The van der Waals surface area contributed by atoms with Gasteiger partial charge in [0.05, 0.1) is 24.9 Å². The van der Waals surface area contributed by atoms with Crippen LogP contribution in [0.3, 0.4) is 0 Å². The van der Waals surface area contributed by atoms with Gasteiger partial charge in [0.1, 0.15) is 11.4 Å². The van der Waals surface area contributed by atoms with Crippen LogP contribution in [0.15, 0.2) is 24.4 Å². The first-order valence-electron chi connectivity index (χ1n) is 13.5. The minimum atomic E-state index is -0.105. The summed E-state index contributed by atoms with van der Waals surface area (Å²) in [5.41, 5.74) is 1.86. The number of methoxy groups -OCH3 is 1. The van der Waals surface area contributed by atoms with Gasteiger partial charge in [-0.2, -0.15) is 4.98 Å². The Bertz CT molecular complexity index is 1130. The molecule has 0 bridgehead atoms. The average Bonchev–Trinajstić information content (AvgIpc) is 3.41. The van der Waals surface area contributed by atoms with Crippen molar-refractivity contribution in [2.45, 2.75) is 64.0 Å². The highest BCUT2D eigenvalue weighted by molar-refractivity contribution is 5.97. The zero-order valence-corrected chi connectivity index (χ0v) is 21.7. The van der Waals surface area contributed by atoms with Gasteiger partial charge in [-0.1, -0.05) is 19.8 Å². The van der Waals surface area contributed by atoms with Crippen molar-refractivity contribution < 1.29 is 14.3 Å². The van der Waals surface area contributed by atoms with Crippen molar-refractivity contribution in [2.24, 2.45) is 5.92 Å². The number of rotatable bonds is 7. The van der Waals surface area contributed by atoms with Crippen LogP contribution in [-0.4, -0.2) is 60.6 Å². The number of nitrogens with zero attached hydrogens (tertiary/aromatic N) is 3. The third-order valence-corrected chi connectivity index (χ3v) is 7.73. The van der Waals surface area contributed by atoms with E-state index in [0.29, 0.717) is 41.2 Å². The predicted molar refractivity (Wildman–Crippen MR) is 144 cm³/mol. The van der Waals surface area contributed by atoms with Crippen molar-refractivity contribution in [2.75, 3.05) is 42.3 Å². The van der Waals surface area contributed by atoms with E-state index in [9.17, 15) is 9.59 Å². The molecule has 1 unspecified atom stereocenters. The number of benzene rings is 1. The number of carbonyl (C=O) groups excluding carboxylic acids is 2. The van der Waals surface area contributed by atoms with Crippen LogP contribution in [-0.2, 0) is 4.79 Å². The van der Waals surface area contributed by atoms with Gasteiger partial charge in [-0.05, 0) is 63.4 Å². The number of hydrogen-bond acceptors (Lipinski definition) is 8. The van der Waals surface area contributed by atoms with Gasteiger partial charge in [-0.25, -0.2) is 4.98 Å². The van der Waals surface area contributed by atoms with E-state index in [-0.39, 0.29) is 23.8 Å². The Morgan fingerprint density at radius 1 is 1.19 bits per heavy atom. The maximum atomic E-state index is 12.8. The summed E-state index contributed by atoms with van der Waals surface area (Å²) in [5, 5.41) is 12.7. The molecule has 2 fully saturated rings. The molecule has 3 heterocycles. The highest BCUT2D eigenvalue weighted by atomic mass is 16.5. The predicted octanol–water partition coefficient (Wildman–Crippen LogP) is 3.44. The van der Waals surface area contributed by atoms with Crippen LogP contribution in [0.1, 0.15) is 62.2 Å². The number of amides is 2. The van der Waals surface area contributed by atoms with Crippen molar-refractivity contribution in [3.63, 3.8) is 0 Å². The van der Waals surface area contributed by atoms with E-state index in [1.165, 1.54) is 12.8 Å². The van der Waals surface area contributed by atoms with Crippen molar-refractivity contribution in [1.29, 1.82) is 0 Å². The second-order valence-corrected chi connectivity index (χ2v) is 10.2. The molecule has 1 atom stereocenters. The molecule has 198 valence electrons. The van der Waals surface area contributed by atoms with Gasteiger partial charge in [0.2, 0.25) is 11.9 Å². The molecule has 5 rings (SSSR count). The highest BCUT2D eigenvalue weighted by Crippen LogP contribution is 2.36. The lowest BCUT2D eigenvalue weighted by Gasteiger charge is -2.31. The summed E-state index contributed by atoms with van der Waals surface area (Å²) in [6, 6.07) is 5.88. The fraction of sp³-hybridized carbons (Fsp3) is 0.556. The van der Waals surface area contributed by atoms with Crippen LogP contribution in [0.25, 0.3) is 0 Å². The maximum Gasteiger partial charge on any atom is 0.251 e. The molecular formula is C27H37N7O3. The van der Waals surface area contributed by atoms with Crippen LogP contribution in [0.4, 0.5) is 23.1 Å². The van der Waals surface area contributed by atoms with Gasteiger partial charge >= 0.3 is 0 Å². The number of anilines is 4. The lowest BCUT2D eigenvalue weighted by atomic mass is 10.0. The summed E-state index contributed by atoms with van der Waals surface area (Å²) in [5.74, 6) is 1.53. The van der Waals surface area contributed by atoms with E-state index in [1.807, 2.05) is 13.0 Å². The smallest absolute Gasteiger partial charge is 0.251 e. The summed E-state index contributed by atoms with van der Waals surface area (Å²) >= 11 is 0. The van der Waals surface area contributed by atoms with Gasteiger partial charge in [-0.3, -0.25) is 9.59 Å². The third-order valence-electron chi connectivity index (χ3n) is 7.73. The van der Waals surface area contributed by atoms with Gasteiger partial charge in [-0.15, -0.1) is 0 Å². The van der Waals surface area contributed by atoms with Crippen LogP contribution in [0.5, 0.6) is 5.75 Å². The Morgan fingerprint density at radius 3 is 2.70 bits per heavy atom. The van der Waals surface area contributed by atoms with Gasteiger partial charge in [0.25, 0.3) is 5.91 Å². The number of piperidine rings is 1. The molecule has 1 aromatic carbocycles. The van der Waals surface area contributed by atoms with Crippen LogP contribution in [0, 0.1) is 5.92 Å². The monoisotopic (exact) mass is 507 g/mol. The molecule has 0 spiro atoms. The lowest BCUT2D eigenvalue weighted by Crippen LogP contribution is -2.42. The second-order valence-electron chi connectivity index (χ2n) is 10.2. The Labute approximate surface area is 218 Å². The first-order chi connectivity index (χ1) is 18.1. The SMILES string of the molecule is CCC1CN(C2CCCC2)c2nc(Nc3ccc(C(=O)NC4CCNCC4)cc3OC)ncc2NC1=O. The number of hydrogen-bond donors (Lipinski definition) is 4. The molecule has 37 heavy (non-hydrogen) atoms. The molecule has 10 nitrogen and oxygen atoms in total. The molecule has 2 aromatic rings. The van der Waals surface area contributed by atoms with Crippen molar-refractivity contribution >= 4 is 35.0 Å². The van der Waals surface area contributed by atoms with E-state index in [4.69, 9.17) is 9.72 Å². The number of ether oxygens (including phenoxy) is 1. The lowest BCUT2D eigenvalue weighted by molar-refractivity contribution is -0.119. The first kappa shape index (κ1) is 25.3. The molecule has 10 heteroatoms. The van der Waals surface area contributed by atoms with E-state index in [0.717, 1.165) is 51.0 Å². The maximum absolute atomic E-state index is 12.8. The van der Waals surface area contributed by atoms with Crippen LogP contribution < -0.4 is 30.9 Å². The van der Waals surface area contributed by atoms with Crippen molar-refractivity contribution in [3.05, 3.63) is 30.0 Å². The zero-order chi connectivity index (χ0) is 25.8. The van der Waals surface area contributed by atoms with E-state index >= 15 is 0 Å². The second kappa shape index (κ2) is 11.3. The fourth-order valence-corrected chi connectivity index (χ4v) is 5.53. The number of nitrogens with one attached hydrogen (secondary N) is 4. The standard InChI is InChI=1S/C27H37N7O3/c1-3-17-16-34(20-6-4-5-7-20)24-22(31-25(17)35)15-29-27(33-24)32-21-9-8-18(14-23(21)37-2)26(36)30-19-10-12-28-13-11-19/h8-9,14-15,17,19-20,28H,3-7,10-13,16H2,1-2H3,(H,30,36)(H,31,35)(H,29,32,33). The van der Waals surface area contributed by atoms with Gasteiger partial charge in [0, 0.05) is 24.2 Å². The Kier molecular flexibility index (Phi) is 7.73. The molecule has 2 aliphatic heterocycles. The molecule has 0 radical (unpaired) electrons. The van der Waals surface area contributed by atoms with Gasteiger partial charge in [0.15, 0.2) is 5.82 Å². The number of carbonyl (C=O) groups is 2. The van der Waals surface area contributed by atoms with E-state index < -0.39 is 0 Å². The molecule has 4 N–H and O–H groups in total. The Hall–Kier alpha value is -3.40. The normalized spacial score (nSPS) is 20.6. The summed E-state index contributed by atoms with van der Waals surface area (Å²) in [4.78, 5) is 37.2. The average molecular weight is 508 g/mol. The molecule has 2 amide bonds. The van der Waals surface area contributed by atoms with E-state index in [2.05, 4.69) is 31.2 Å². The largest absolute Gasteiger partial charge is 0.495 e. The van der Waals surface area contributed by atoms with E-state index in [1.54, 1.807) is 25.4 Å². The Morgan fingerprint density at radius 2 is 1.97 bits per heavy atom. The minimum absolute atomic E-state index is 0.0218. The van der Waals surface area contributed by atoms with Crippen LogP contribution >= 0.6 is 0 Å². The number of fused-ring (bicyclic) bond motifs is 1. The number of aromatic nitrogens is 2. The van der Waals surface area contributed by atoms with Gasteiger partial charge < -0.3 is 30.9 Å². The van der Waals surface area contributed by atoms with Crippen LogP contribution in [0.2, 0.25) is 0 Å². The summed E-state index contributed by atoms with van der Waals surface area (Å²) in [7, 11) is 1.58. The molecule has 1 aliphatic carbocycles. The fourth-order valence-electron chi connectivity index (χ4n) is 5.53. The molecule has 1 saturated heterocycles. The third kappa shape index (κ3) is 5.64. The highest BCUT2D eigenvalue weighted by Gasteiger charge is 2.33. The molecular weight excluding hydrogens is 470 g/mol. The minimum Gasteiger partial charge on any atom is -0.495 e. The quantitative estimate of drug-likeness (QED) is 0.450. The van der Waals surface area contributed by atoms with Crippen molar-refractivity contribution in [3.8, 4) is 5.75 Å². The summed E-state index contributed by atoms with van der Waals surface area (Å²) in [6.45, 7) is 4.53. The Balaban J connectivity index is 1.37. The zero-order valence-electron chi connectivity index (χ0n) is 21.7. The summed E-state index contributed by atoms with van der Waals surface area (Å²) in [6.07, 6.45) is 8.90. The van der Waals surface area contributed by atoms with Crippen molar-refractivity contribution in [1.82, 2.24) is 20.6 Å². The summed E-state index contributed by atoms with van der Waals surface area (Å²) < 4.78 is 5.60. The molecule has 3 aliphatic rings. The topological polar surface area (TPSA) is 121 Å². The molecule has 1 saturated carbocycles. The molecule has 1 aromatic heterocycles. The first-order valence-corrected chi connectivity index (χ1v) is 13.5.